The molecule has 1 N–H and O–H groups in total. The predicted octanol–water partition coefficient (Wildman–Crippen LogP) is 1.64. The number of rotatable bonds is 3. The molecule has 0 spiro atoms. The number of hydrogen-bond donors (Lipinski definition) is 1. The summed E-state index contributed by atoms with van der Waals surface area (Å²) in [6.07, 6.45) is 3.65. The van der Waals surface area contributed by atoms with Gasteiger partial charge in [-0.05, 0) is 19.3 Å². The molecule has 80 valence electrons. The summed E-state index contributed by atoms with van der Waals surface area (Å²) in [4.78, 5) is 11.2. The Bertz CT molecular complexity index is 225. The van der Waals surface area contributed by atoms with E-state index in [2.05, 4.69) is 11.9 Å². The number of carbonyl (C=O) groups excluding carboxylic acids is 1. The monoisotopic (exact) mass is 197 g/mol. The van der Waals surface area contributed by atoms with E-state index in [1.165, 1.54) is 0 Å². The van der Waals surface area contributed by atoms with Gasteiger partial charge < -0.3 is 10.1 Å². The van der Waals surface area contributed by atoms with Crippen molar-refractivity contribution < 1.29 is 9.53 Å². The molecule has 2 atom stereocenters. The second kappa shape index (κ2) is 5.15. The highest BCUT2D eigenvalue weighted by Crippen LogP contribution is 2.24. The van der Waals surface area contributed by atoms with Crippen LogP contribution in [0.25, 0.3) is 0 Å². The van der Waals surface area contributed by atoms with E-state index >= 15 is 0 Å². The van der Waals surface area contributed by atoms with Gasteiger partial charge in [-0.1, -0.05) is 19.1 Å². The van der Waals surface area contributed by atoms with Gasteiger partial charge in [0.15, 0.2) is 0 Å². The first-order valence-corrected chi connectivity index (χ1v) is 5.17. The van der Waals surface area contributed by atoms with Crippen LogP contribution in [0.3, 0.4) is 0 Å². The van der Waals surface area contributed by atoms with Crippen molar-refractivity contribution in [3.63, 3.8) is 0 Å². The lowest BCUT2D eigenvalue weighted by Gasteiger charge is -2.30. The minimum atomic E-state index is 0.104. The molecule has 0 aromatic rings. The molecule has 0 aromatic carbocycles. The molecule has 0 radical (unpaired) electrons. The third kappa shape index (κ3) is 2.84. The number of nitrogens with one attached hydrogen (secondary N) is 1. The highest BCUT2D eigenvalue weighted by molar-refractivity contribution is 5.76. The van der Waals surface area contributed by atoms with Crippen LogP contribution in [0.2, 0.25) is 0 Å². The molecule has 2 unspecified atom stereocenters. The van der Waals surface area contributed by atoms with E-state index in [4.69, 9.17) is 4.74 Å². The fraction of sp³-hybridized carbons (Fsp3) is 0.727. The predicted molar refractivity (Wildman–Crippen MR) is 56.0 cm³/mol. The first-order valence-electron chi connectivity index (χ1n) is 5.17. The Morgan fingerprint density at radius 3 is 2.86 bits per heavy atom. The summed E-state index contributed by atoms with van der Waals surface area (Å²) in [5.41, 5.74) is 1.09. The molecule has 0 aliphatic heterocycles. The van der Waals surface area contributed by atoms with Gasteiger partial charge in [0.1, 0.15) is 0 Å². The number of hydrogen-bond acceptors (Lipinski definition) is 2. The Balaban J connectivity index is 2.42. The van der Waals surface area contributed by atoms with Crippen molar-refractivity contribution in [2.24, 2.45) is 0 Å². The van der Waals surface area contributed by atoms with Gasteiger partial charge in [-0.3, -0.25) is 4.79 Å². The summed E-state index contributed by atoms with van der Waals surface area (Å²) in [5.74, 6) is 0.104. The van der Waals surface area contributed by atoms with Crippen LogP contribution < -0.4 is 5.32 Å². The van der Waals surface area contributed by atoms with Crippen molar-refractivity contribution in [1.29, 1.82) is 0 Å². The first-order chi connectivity index (χ1) is 6.67. The highest BCUT2D eigenvalue weighted by Gasteiger charge is 2.24. The number of ether oxygens (including phenoxy) is 1. The van der Waals surface area contributed by atoms with Crippen LogP contribution in [0.5, 0.6) is 0 Å². The lowest BCUT2D eigenvalue weighted by molar-refractivity contribution is -0.121. The van der Waals surface area contributed by atoms with Crippen molar-refractivity contribution in [1.82, 2.24) is 5.32 Å². The fourth-order valence-electron chi connectivity index (χ4n) is 1.77. The highest BCUT2D eigenvalue weighted by atomic mass is 16.5. The largest absolute Gasteiger partial charge is 0.381 e. The maximum Gasteiger partial charge on any atom is 0.220 e. The molecule has 1 aliphatic rings. The summed E-state index contributed by atoms with van der Waals surface area (Å²) in [6, 6.07) is 0.161. The molecule has 1 rings (SSSR count). The van der Waals surface area contributed by atoms with Crippen molar-refractivity contribution in [3.8, 4) is 0 Å². The van der Waals surface area contributed by atoms with E-state index < -0.39 is 0 Å². The SMILES string of the molecule is C=C1CC(OC)CCC1NC(=O)CC. The Morgan fingerprint density at radius 2 is 2.36 bits per heavy atom. The standard InChI is InChI=1S/C11H19NO2/c1-4-11(13)12-10-6-5-9(14-3)7-8(10)2/h9-10H,2,4-7H2,1,3H3,(H,12,13). The molecule has 0 heterocycles. The first kappa shape index (κ1) is 11.2. The van der Waals surface area contributed by atoms with E-state index in [9.17, 15) is 4.79 Å². The van der Waals surface area contributed by atoms with Crippen LogP contribution in [0, 0.1) is 0 Å². The quantitative estimate of drug-likeness (QED) is 0.698. The average molecular weight is 197 g/mol. The minimum Gasteiger partial charge on any atom is -0.381 e. The van der Waals surface area contributed by atoms with Gasteiger partial charge in [-0.15, -0.1) is 0 Å². The Morgan fingerprint density at radius 1 is 1.64 bits per heavy atom. The zero-order valence-corrected chi connectivity index (χ0v) is 9.01. The number of carbonyl (C=O) groups is 1. The molecule has 1 fully saturated rings. The van der Waals surface area contributed by atoms with Gasteiger partial charge >= 0.3 is 0 Å². The maximum absolute atomic E-state index is 11.2. The molecular formula is C11H19NO2. The van der Waals surface area contributed by atoms with Crippen LogP contribution >= 0.6 is 0 Å². The van der Waals surface area contributed by atoms with Gasteiger partial charge in [0.05, 0.1) is 6.10 Å². The van der Waals surface area contributed by atoms with E-state index in [0.29, 0.717) is 6.42 Å². The Kier molecular flexibility index (Phi) is 4.14. The van der Waals surface area contributed by atoms with Crippen LogP contribution in [0.4, 0.5) is 0 Å². The molecular weight excluding hydrogens is 178 g/mol. The van der Waals surface area contributed by atoms with Crippen molar-refractivity contribution in [2.45, 2.75) is 44.8 Å². The molecule has 0 bridgehead atoms. The van der Waals surface area contributed by atoms with Crippen molar-refractivity contribution >= 4 is 5.91 Å². The summed E-state index contributed by atoms with van der Waals surface area (Å²) < 4.78 is 5.27. The molecule has 0 aromatic heterocycles. The van der Waals surface area contributed by atoms with Gasteiger partial charge in [-0.25, -0.2) is 0 Å². The molecule has 1 saturated carbocycles. The van der Waals surface area contributed by atoms with Crippen molar-refractivity contribution in [2.75, 3.05) is 7.11 Å². The van der Waals surface area contributed by atoms with Crippen LogP contribution in [-0.4, -0.2) is 25.2 Å². The zero-order chi connectivity index (χ0) is 10.6. The molecule has 1 amide bonds. The lowest BCUT2D eigenvalue weighted by Crippen LogP contribution is -2.40. The summed E-state index contributed by atoms with van der Waals surface area (Å²) in [7, 11) is 1.73. The summed E-state index contributed by atoms with van der Waals surface area (Å²) >= 11 is 0. The normalized spacial score (nSPS) is 27.4. The molecule has 1 aliphatic carbocycles. The Labute approximate surface area is 85.5 Å². The van der Waals surface area contributed by atoms with Crippen LogP contribution in [0.1, 0.15) is 32.6 Å². The molecule has 0 saturated heterocycles. The minimum absolute atomic E-state index is 0.104. The van der Waals surface area contributed by atoms with Crippen molar-refractivity contribution in [3.05, 3.63) is 12.2 Å². The van der Waals surface area contributed by atoms with E-state index in [1.54, 1.807) is 7.11 Å². The maximum atomic E-state index is 11.2. The van der Waals surface area contributed by atoms with Gasteiger partial charge in [0.2, 0.25) is 5.91 Å². The fourth-order valence-corrected chi connectivity index (χ4v) is 1.77. The third-order valence-electron chi connectivity index (χ3n) is 2.75. The van der Waals surface area contributed by atoms with E-state index in [-0.39, 0.29) is 18.1 Å². The average Bonchev–Trinajstić information content (AvgIpc) is 2.20. The van der Waals surface area contributed by atoms with Crippen LogP contribution in [-0.2, 0) is 9.53 Å². The van der Waals surface area contributed by atoms with Gasteiger partial charge in [0.25, 0.3) is 0 Å². The van der Waals surface area contributed by atoms with Gasteiger partial charge in [0, 0.05) is 19.6 Å². The van der Waals surface area contributed by atoms with E-state index in [0.717, 1.165) is 24.8 Å². The van der Waals surface area contributed by atoms with Gasteiger partial charge in [-0.2, -0.15) is 0 Å². The lowest BCUT2D eigenvalue weighted by atomic mass is 9.89. The number of amides is 1. The third-order valence-corrected chi connectivity index (χ3v) is 2.75. The molecule has 3 heteroatoms. The summed E-state index contributed by atoms with van der Waals surface area (Å²) in [5, 5.41) is 2.97. The number of methoxy groups -OCH3 is 1. The Hall–Kier alpha value is -0.830. The molecule has 3 nitrogen and oxygen atoms in total. The topological polar surface area (TPSA) is 38.3 Å². The van der Waals surface area contributed by atoms with Crippen LogP contribution in [0.15, 0.2) is 12.2 Å². The second-order valence-corrected chi connectivity index (χ2v) is 3.77. The van der Waals surface area contributed by atoms with E-state index in [1.807, 2.05) is 6.92 Å². The molecule has 14 heavy (non-hydrogen) atoms. The zero-order valence-electron chi connectivity index (χ0n) is 9.01. The second-order valence-electron chi connectivity index (χ2n) is 3.77. The summed E-state index contributed by atoms with van der Waals surface area (Å²) in [6.45, 7) is 5.85. The smallest absolute Gasteiger partial charge is 0.220 e.